The Morgan fingerprint density at radius 1 is 1.40 bits per heavy atom. The second-order valence-corrected chi connectivity index (χ2v) is 3.22. The lowest BCUT2D eigenvalue weighted by molar-refractivity contribution is -0.152. The molecule has 0 saturated carbocycles. The van der Waals surface area contributed by atoms with Crippen LogP contribution >= 0.6 is 0 Å². The Morgan fingerprint density at radius 2 is 2.13 bits per heavy atom. The van der Waals surface area contributed by atoms with Crippen LogP contribution in [0, 0.1) is 6.92 Å². The van der Waals surface area contributed by atoms with Gasteiger partial charge in [0.25, 0.3) is 0 Å². The number of ether oxygens (including phenoxy) is 1. The van der Waals surface area contributed by atoms with Crippen molar-refractivity contribution in [3.05, 3.63) is 35.4 Å². The zero-order valence-corrected chi connectivity index (χ0v) is 8.40. The van der Waals surface area contributed by atoms with Gasteiger partial charge < -0.3 is 9.84 Å². The van der Waals surface area contributed by atoms with Gasteiger partial charge in [0.05, 0.1) is 0 Å². The van der Waals surface area contributed by atoms with Crippen LogP contribution in [0.5, 0.6) is 0 Å². The number of esters is 1. The van der Waals surface area contributed by atoms with Crippen molar-refractivity contribution in [2.75, 3.05) is 0 Å². The van der Waals surface area contributed by atoms with Crippen molar-refractivity contribution in [1.29, 1.82) is 0 Å². The largest absolute Gasteiger partial charge is 0.481 e. The number of hydrogen-bond acceptors (Lipinski definition) is 3. The first-order valence-corrected chi connectivity index (χ1v) is 4.51. The maximum atomic E-state index is 10.9. The normalized spacial score (nSPS) is 9.67. The van der Waals surface area contributed by atoms with E-state index in [9.17, 15) is 9.59 Å². The van der Waals surface area contributed by atoms with Crippen LogP contribution in [0.25, 0.3) is 0 Å². The number of carboxylic acid groups (broad SMARTS) is 1. The molecule has 0 unspecified atom stereocenters. The van der Waals surface area contributed by atoms with E-state index in [-0.39, 0.29) is 6.61 Å². The molecule has 1 rings (SSSR count). The molecule has 1 aromatic rings. The van der Waals surface area contributed by atoms with Crippen molar-refractivity contribution in [2.45, 2.75) is 20.0 Å². The summed E-state index contributed by atoms with van der Waals surface area (Å²) < 4.78 is 4.77. The molecule has 0 atom stereocenters. The predicted molar refractivity (Wildman–Crippen MR) is 53.2 cm³/mol. The van der Waals surface area contributed by atoms with Crippen molar-refractivity contribution < 1.29 is 19.4 Å². The summed E-state index contributed by atoms with van der Waals surface area (Å²) in [5, 5.41) is 8.32. The lowest BCUT2D eigenvalue weighted by Crippen LogP contribution is -2.10. The number of carbonyl (C=O) groups is 2. The van der Waals surface area contributed by atoms with Gasteiger partial charge in [-0.2, -0.15) is 0 Å². The molecule has 0 amide bonds. The third-order valence-corrected chi connectivity index (χ3v) is 1.78. The van der Waals surface area contributed by atoms with Gasteiger partial charge in [0.15, 0.2) is 0 Å². The highest BCUT2D eigenvalue weighted by Gasteiger charge is 2.08. The maximum Gasteiger partial charge on any atom is 0.317 e. The van der Waals surface area contributed by atoms with Gasteiger partial charge in [-0.05, 0) is 12.5 Å². The molecule has 0 fully saturated rings. The van der Waals surface area contributed by atoms with Gasteiger partial charge >= 0.3 is 11.9 Å². The van der Waals surface area contributed by atoms with Crippen LogP contribution in [-0.4, -0.2) is 17.0 Å². The Hall–Kier alpha value is -1.84. The topological polar surface area (TPSA) is 63.6 Å². The van der Waals surface area contributed by atoms with Crippen molar-refractivity contribution in [3.63, 3.8) is 0 Å². The summed E-state index contributed by atoms with van der Waals surface area (Å²) >= 11 is 0. The van der Waals surface area contributed by atoms with Gasteiger partial charge in [-0.25, -0.2) is 0 Å². The van der Waals surface area contributed by atoms with Crippen LogP contribution in [-0.2, 0) is 20.9 Å². The predicted octanol–water partition coefficient (Wildman–Crippen LogP) is 1.51. The van der Waals surface area contributed by atoms with Crippen LogP contribution in [0.15, 0.2) is 24.3 Å². The second-order valence-electron chi connectivity index (χ2n) is 3.22. The molecule has 0 aliphatic heterocycles. The van der Waals surface area contributed by atoms with Gasteiger partial charge in [-0.15, -0.1) is 0 Å². The van der Waals surface area contributed by atoms with E-state index < -0.39 is 18.4 Å². The molecule has 0 heterocycles. The van der Waals surface area contributed by atoms with E-state index in [0.717, 1.165) is 11.1 Å². The second kappa shape index (κ2) is 5.14. The highest BCUT2D eigenvalue weighted by atomic mass is 16.5. The summed E-state index contributed by atoms with van der Waals surface area (Å²) in [7, 11) is 0. The quantitative estimate of drug-likeness (QED) is 0.601. The number of rotatable bonds is 4. The summed E-state index contributed by atoms with van der Waals surface area (Å²) in [6, 6.07) is 7.49. The third kappa shape index (κ3) is 4.26. The zero-order chi connectivity index (χ0) is 11.3. The van der Waals surface area contributed by atoms with E-state index in [1.807, 2.05) is 31.2 Å². The molecular formula is C11H12O4. The number of carbonyl (C=O) groups excluding carboxylic acids is 1. The summed E-state index contributed by atoms with van der Waals surface area (Å²) in [4.78, 5) is 21.1. The van der Waals surface area contributed by atoms with E-state index in [1.165, 1.54) is 0 Å². The van der Waals surface area contributed by atoms with Crippen molar-refractivity contribution in [2.24, 2.45) is 0 Å². The van der Waals surface area contributed by atoms with E-state index >= 15 is 0 Å². The highest BCUT2D eigenvalue weighted by Crippen LogP contribution is 2.05. The molecule has 0 bridgehead atoms. The first-order valence-electron chi connectivity index (χ1n) is 4.51. The Labute approximate surface area is 87.5 Å². The number of aryl methyl sites for hydroxylation is 1. The summed E-state index contributed by atoms with van der Waals surface area (Å²) in [5.74, 6) is -1.90. The zero-order valence-electron chi connectivity index (χ0n) is 8.40. The molecule has 4 heteroatoms. The molecule has 0 aromatic heterocycles. The van der Waals surface area contributed by atoms with Crippen LogP contribution < -0.4 is 0 Å². The van der Waals surface area contributed by atoms with Crippen LogP contribution in [0.3, 0.4) is 0 Å². The van der Waals surface area contributed by atoms with Crippen LogP contribution in [0.2, 0.25) is 0 Å². The van der Waals surface area contributed by atoms with E-state index in [0.29, 0.717) is 0 Å². The number of carboxylic acids is 1. The molecule has 4 nitrogen and oxygen atoms in total. The first-order chi connectivity index (χ1) is 7.08. The number of hydrogen-bond donors (Lipinski definition) is 1. The monoisotopic (exact) mass is 208 g/mol. The molecule has 0 aliphatic carbocycles. The molecule has 80 valence electrons. The summed E-state index contributed by atoms with van der Waals surface area (Å²) in [5.41, 5.74) is 1.93. The van der Waals surface area contributed by atoms with Crippen molar-refractivity contribution >= 4 is 11.9 Å². The lowest BCUT2D eigenvalue weighted by Gasteiger charge is -2.03. The smallest absolute Gasteiger partial charge is 0.317 e. The average Bonchev–Trinajstić information content (AvgIpc) is 2.14. The van der Waals surface area contributed by atoms with Gasteiger partial charge in [0, 0.05) is 0 Å². The van der Waals surface area contributed by atoms with Crippen molar-refractivity contribution in [1.82, 2.24) is 0 Å². The van der Waals surface area contributed by atoms with E-state index in [2.05, 4.69) is 0 Å². The van der Waals surface area contributed by atoms with Gasteiger partial charge in [-0.3, -0.25) is 9.59 Å². The fraction of sp³-hybridized carbons (Fsp3) is 0.273. The number of aliphatic carboxylic acids is 1. The van der Waals surface area contributed by atoms with Crippen LogP contribution in [0.4, 0.5) is 0 Å². The van der Waals surface area contributed by atoms with Crippen LogP contribution in [0.1, 0.15) is 17.5 Å². The third-order valence-electron chi connectivity index (χ3n) is 1.78. The molecule has 0 saturated heterocycles. The summed E-state index contributed by atoms with van der Waals surface area (Å²) in [6.45, 7) is 2.05. The molecule has 15 heavy (non-hydrogen) atoms. The molecule has 1 N–H and O–H groups in total. The Kier molecular flexibility index (Phi) is 3.85. The fourth-order valence-corrected chi connectivity index (χ4v) is 1.14. The molecule has 0 spiro atoms. The lowest BCUT2D eigenvalue weighted by atomic mass is 10.1. The van der Waals surface area contributed by atoms with E-state index in [1.54, 1.807) is 0 Å². The van der Waals surface area contributed by atoms with E-state index in [4.69, 9.17) is 9.84 Å². The summed E-state index contributed by atoms with van der Waals surface area (Å²) in [6.07, 6.45) is -0.591. The Balaban J connectivity index is 2.43. The molecule has 1 aromatic carbocycles. The molecule has 0 radical (unpaired) electrons. The maximum absolute atomic E-state index is 10.9. The van der Waals surface area contributed by atoms with Gasteiger partial charge in [-0.1, -0.05) is 29.8 Å². The Bertz CT molecular complexity index is 371. The SMILES string of the molecule is Cc1cccc(COC(=O)CC(=O)O)c1. The minimum absolute atomic E-state index is 0.119. The minimum Gasteiger partial charge on any atom is -0.481 e. The van der Waals surface area contributed by atoms with Crippen molar-refractivity contribution in [3.8, 4) is 0 Å². The average molecular weight is 208 g/mol. The van der Waals surface area contributed by atoms with Gasteiger partial charge in [0.2, 0.25) is 0 Å². The van der Waals surface area contributed by atoms with Gasteiger partial charge in [0.1, 0.15) is 13.0 Å². The highest BCUT2D eigenvalue weighted by molar-refractivity contribution is 5.90. The molecule has 0 aliphatic rings. The minimum atomic E-state index is -1.18. The standard InChI is InChI=1S/C11H12O4/c1-8-3-2-4-9(5-8)7-15-11(14)6-10(12)13/h2-5H,6-7H2,1H3,(H,12,13). The first kappa shape index (κ1) is 11.2. The molecular weight excluding hydrogens is 196 g/mol. The Morgan fingerprint density at radius 3 is 2.73 bits per heavy atom. The number of benzene rings is 1. The fourth-order valence-electron chi connectivity index (χ4n) is 1.14.